The van der Waals surface area contributed by atoms with Crippen molar-refractivity contribution in [2.75, 3.05) is 54.1 Å². The molecule has 31 heteroatoms. The summed E-state index contributed by atoms with van der Waals surface area (Å²) in [6, 6.07) is 41.0. The van der Waals surface area contributed by atoms with Crippen LogP contribution in [0, 0.1) is 0 Å². The van der Waals surface area contributed by atoms with E-state index in [1.165, 1.54) is 167 Å². The molecule has 0 spiro atoms. The number of nitrogens with two attached hydrogens (primary N) is 1. The van der Waals surface area contributed by atoms with Crippen LogP contribution in [-0.2, 0) is 38.6 Å². The molecule has 13 aliphatic rings. The molecule has 8 fully saturated rings. The second-order valence-electron chi connectivity index (χ2n) is 38.3. The maximum absolute atomic E-state index is 5.97. The van der Waals surface area contributed by atoms with Crippen molar-refractivity contribution in [3.63, 3.8) is 0 Å². The average molecular weight is 1950 g/mol. The number of hydrogen-bond acceptors (Lipinski definition) is 30. The molecule has 710 valence electrons. The lowest BCUT2D eigenvalue weighted by molar-refractivity contribution is 0.414. The second-order valence-corrected chi connectivity index (χ2v) is 39.0. The van der Waals surface area contributed by atoms with E-state index in [0.29, 0.717) is 88.4 Å². The van der Waals surface area contributed by atoms with Crippen molar-refractivity contribution in [1.82, 2.24) is 101 Å². The highest BCUT2D eigenvalue weighted by Crippen LogP contribution is 2.48. The summed E-state index contributed by atoms with van der Waals surface area (Å²) in [6.07, 6.45) is 58.9. The zero-order valence-electron chi connectivity index (χ0n) is 78.8. The van der Waals surface area contributed by atoms with Crippen LogP contribution in [-0.4, -0.2) is 134 Å². The van der Waals surface area contributed by atoms with Crippen LogP contribution in [0.3, 0.4) is 0 Å². The Labute approximate surface area is 828 Å². The van der Waals surface area contributed by atoms with E-state index < -0.39 is 0 Å². The number of methoxy groups -OCH3 is 1. The quantitative estimate of drug-likeness (QED) is 0.0674. The lowest BCUT2D eigenvalue weighted by Gasteiger charge is -2.10. The van der Waals surface area contributed by atoms with Gasteiger partial charge in [0.15, 0.2) is 0 Å². The van der Waals surface area contributed by atoms with Gasteiger partial charge < -0.3 is 47.7 Å². The molecule has 0 unspecified atom stereocenters. The van der Waals surface area contributed by atoms with Gasteiger partial charge in [-0.1, -0.05) is 125 Å². The van der Waals surface area contributed by atoms with Crippen molar-refractivity contribution < 1.29 is 26.8 Å². The van der Waals surface area contributed by atoms with Gasteiger partial charge in [0.1, 0.15) is 5.75 Å². The molecule has 6 saturated carbocycles. The number of nitrogen functional groups attached to an aromatic ring is 1. The fourth-order valence-corrected chi connectivity index (χ4v) is 19.8. The van der Waals surface area contributed by atoms with Crippen molar-refractivity contribution in [2.45, 2.75) is 190 Å². The van der Waals surface area contributed by atoms with Crippen LogP contribution in [0.15, 0.2) is 234 Å². The summed E-state index contributed by atoms with van der Waals surface area (Å²) in [5.74, 6) is 6.37. The molecule has 3 N–H and O–H groups in total. The van der Waals surface area contributed by atoms with Crippen molar-refractivity contribution in [3.05, 3.63) is 331 Å². The van der Waals surface area contributed by atoms with Crippen LogP contribution in [0.4, 0.5) is 24.1 Å². The number of aromatic nitrogens is 20. The van der Waals surface area contributed by atoms with E-state index in [1.807, 2.05) is 104 Å². The third-order valence-electron chi connectivity index (χ3n) is 28.2. The van der Waals surface area contributed by atoms with E-state index in [-0.39, 0.29) is 6.01 Å². The first-order chi connectivity index (χ1) is 70.0. The molecule has 11 aliphatic carbocycles. The zero-order valence-corrected chi connectivity index (χ0v) is 80.4. The van der Waals surface area contributed by atoms with Crippen molar-refractivity contribution in [1.29, 1.82) is 0 Å². The fraction of sp³-hybridized carbons (Fsp3) is 0.315. The minimum atomic E-state index is 0.0734. The highest BCUT2D eigenvalue weighted by molar-refractivity contribution is 9.10. The Morgan fingerprint density at radius 1 is 0.324 bits per heavy atom. The lowest BCUT2D eigenvalue weighted by atomic mass is 10.0. The normalized spacial score (nSPS) is 17.0. The Morgan fingerprint density at radius 2 is 0.620 bits per heavy atom. The molecule has 0 radical (unpaired) electrons. The Kier molecular flexibility index (Phi) is 25.0. The van der Waals surface area contributed by atoms with Gasteiger partial charge in [0.05, 0.1) is 95.0 Å². The summed E-state index contributed by atoms with van der Waals surface area (Å²) < 4.78 is 33.8. The number of fused-ring (bicyclic) bond motifs is 5. The average Bonchev–Trinajstić information content (AvgIpc) is 1.64. The van der Waals surface area contributed by atoms with E-state index in [4.69, 9.17) is 57.5 Å². The summed E-state index contributed by atoms with van der Waals surface area (Å²) in [7, 11) is 1.66. The van der Waals surface area contributed by atoms with Gasteiger partial charge in [-0.15, -0.1) is 30.6 Å². The van der Waals surface area contributed by atoms with Crippen molar-refractivity contribution in [3.8, 4) is 63.0 Å². The molecule has 2 aliphatic heterocycles. The summed E-state index contributed by atoms with van der Waals surface area (Å²) >= 11 is 3.20. The summed E-state index contributed by atoms with van der Waals surface area (Å²) in [5, 5.41) is 44.3. The third-order valence-corrected chi connectivity index (χ3v) is 28.5. The molecule has 6 aromatic carbocycles. The maximum Gasteiger partial charge on any atom is 0.318 e. The van der Waals surface area contributed by atoms with E-state index in [2.05, 4.69) is 210 Å². The number of nitrogens with zero attached hydrogens (tertiary/aromatic N) is 22. The van der Waals surface area contributed by atoms with Gasteiger partial charge in [-0.3, -0.25) is 24.9 Å². The first-order valence-electron chi connectivity index (χ1n) is 49.8. The van der Waals surface area contributed by atoms with Crippen LogP contribution < -0.4 is 25.6 Å². The number of halogens is 1. The number of nitrogens with one attached hydrogen (secondary N) is 1. The van der Waals surface area contributed by atoms with Gasteiger partial charge in [-0.05, 0) is 256 Å². The molecular weight excluding hydrogens is 1850 g/mol. The monoisotopic (exact) mass is 1950 g/mol. The highest BCUT2D eigenvalue weighted by atomic mass is 79.9. The molecule has 16 aromatic rings. The van der Waals surface area contributed by atoms with Crippen molar-refractivity contribution >= 4 is 67.9 Å². The number of anilines is 4. The lowest BCUT2D eigenvalue weighted by Crippen LogP contribution is -2.17. The number of hydrogen-bond donors (Lipinski definition) is 2. The molecule has 30 nitrogen and oxygen atoms in total. The summed E-state index contributed by atoms with van der Waals surface area (Å²) in [5.41, 5.74) is 39.4. The van der Waals surface area contributed by atoms with Gasteiger partial charge >= 0.3 is 24.1 Å². The fourth-order valence-electron chi connectivity index (χ4n) is 19.6. The minimum Gasteiger partial charge on any atom is -0.497 e. The molecule has 12 heterocycles. The van der Waals surface area contributed by atoms with E-state index in [1.54, 1.807) is 7.11 Å². The van der Waals surface area contributed by atoms with Crippen LogP contribution in [0.2, 0.25) is 0 Å². The van der Waals surface area contributed by atoms with E-state index in [9.17, 15) is 0 Å². The molecular formula is C111H103BrN24O6. The second kappa shape index (κ2) is 39.7. The SMILES string of the molecule is Brc1nnc(-c2ccc3c(c2)C(c2cncc(C4CC4)n2)=CC3)o1.C1=C(c2cncc(C3CC3)n2)c2cc(-c3nnc(N4CCCC4)o3)ccc2C1.C1=C(c2cncc(C3CC3)n2)c2cc(-c3nnc(N4CCCC4)o3)ccc2C1.C1CCCC1.COc1ccc(CNc2nnc(-c3ccc4c(c3)C(c3cncc(C5CC5)n3)=CC4)o2)cc1.Nc1nnc(-c2ccc3c(c2)C(c2cncc(C4CC4)n2)=CC3)o1. The number of rotatable bonds is 21. The van der Waals surface area contributed by atoms with Crippen LogP contribution in [0.1, 0.15) is 270 Å². The van der Waals surface area contributed by atoms with Gasteiger partial charge in [0, 0.05) is 165 Å². The van der Waals surface area contributed by atoms with Gasteiger partial charge in [-0.2, -0.15) is 0 Å². The predicted molar refractivity (Wildman–Crippen MR) is 541 cm³/mol. The maximum atomic E-state index is 5.97. The molecule has 0 amide bonds. The molecule has 0 bridgehead atoms. The van der Waals surface area contributed by atoms with Crippen LogP contribution >= 0.6 is 15.9 Å². The largest absolute Gasteiger partial charge is 0.497 e. The smallest absolute Gasteiger partial charge is 0.318 e. The minimum absolute atomic E-state index is 0.0734. The Morgan fingerprint density at radius 3 is 0.915 bits per heavy atom. The topological polar surface area (TPSA) is 377 Å². The van der Waals surface area contributed by atoms with Crippen LogP contribution in [0.5, 0.6) is 5.75 Å². The molecule has 142 heavy (non-hydrogen) atoms. The molecule has 10 aromatic heterocycles. The Balaban J connectivity index is 0.0000000950. The Hall–Kier alpha value is -15.4. The highest BCUT2D eigenvalue weighted by Gasteiger charge is 2.35. The third kappa shape index (κ3) is 20.0. The molecule has 0 atom stereocenters. The number of ether oxygens (including phenoxy) is 1. The first-order valence-corrected chi connectivity index (χ1v) is 50.6. The summed E-state index contributed by atoms with van der Waals surface area (Å²) in [6.45, 7) is 4.56. The van der Waals surface area contributed by atoms with Crippen LogP contribution in [0.25, 0.3) is 85.1 Å². The van der Waals surface area contributed by atoms with Gasteiger partial charge in [0.2, 0.25) is 29.5 Å². The van der Waals surface area contributed by atoms with Gasteiger partial charge in [0.25, 0.3) is 4.80 Å². The standard InChI is InChI=1S/C26H23N5O2.2C22H21N5O.C18H13BrN4O.C18H15N5O.C5H10/c1-32-20-9-2-16(3-10-20)13-28-26-31-30-25(33-26)19-7-4-17-8-11-21(22(17)12-19)24-15-27-14-23(29-24)18-5-6-18;2*1-2-10-27(9-1)22-26-25-21(28-22)16-6-3-14-7-8-17(18(14)11-16)20-13-23-12-19(24-20)15-4-5-15;2*19-18-23-22-17(24-18)12-4-1-10-5-6-13(14(10)7-12)16-9-20-8-15(21-16)11-2-3-11;1-2-4-5-3-1/h2-4,7,9-12,14-15,18H,5-6,8,13H2,1H3,(H,28,31);2*3,6,8,11-13,15H,1-2,4-5,7,9-10H2;1,4,6-9,11H,2-3,5H2;1,4,6-9,11H,2-3,5H2,(H2,19,23);1-5H2. The first kappa shape index (κ1) is 89.2. The molecule has 29 rings (SSSR count). The van der Waals surface area contributed by atoms with Crippen molar-refractivity contribution in [2.24, 2.45) is 0 Å². The van der Waals surface area contributed by atoms with E-state index in [0.717, 1.165) is 193 Å². The summed E-state index contributed by atoms with van der Waals surface area (Å²) in [4.78, 5) is 51.1. The number of allylic oxidation sites excluding steroid dienone is 5. The van der Waals surface area contributed by atoms with Gasteiger partial charge in [-0.25, -0.2) is 24.9 Å². The predicted octanol–water partition coefficient (Wildman–Crippen LogP) is 22.1. The van der Waals surface area contributed by atoms with E-state index >= 15 is 0 Å². The Bertz CT molecular complexity index is 7220. The molecule has 2 saturated heterocycles. The number of benzene rings is 6. The zero-order chi connectivity index (χ0) is 94.9.